The normalized spacial score (nSPS) is 18.7. The summed E-state index contributed by atoms with van der Waals surface area (Å²) in [6.07, 6.45) is 5.57. The number of hydrogen-bond acceptors (Lipinski definition) is 8. The standard InChI is InChI=1S/C33H41N7O5/c1-33(2,3)45-32(42)39-15-14-26(20-39)35-31(41)44-21-22-8-11-24(12-9-22)30-36-28(38(4)37-30)18-23-10-13-27-25(17-23)19-34-40(27)29-7-5-6-16-43-29/h8-13,17,19,26,29H,5-7,14-16,18,20-21H2,1-4H3,(H,35,41). The number of aryl methyl sites for hydroxylation is 1. The van der Waals surface area contributed by atoms with Gasteiger partial charge in [0.1, 0.15) is 18.0 Å². The predicted octanol–water partition coefficient (Wildman–Crippen LogP) is 5.36. The molecule has 2 saturated heterocycles. The van der Waals surface area contributed by atoms with Crippen LogP contribution in [0.4, 0.5) is 9.59 Å². The van der Waals surface area contributed by atoms with E-state index in [0.717, 1.165) is 59.3 Å². The fourth-order valence-electron chi connectivity index (χ4n) is 5.71. The number of hydrogen-bond donors (Lipinski definition) is 1. The van der Waals surface area contributed by atoms with E-state index in [2.05, 4.69) is 33.7 Å². The van der Waals surface area contributed by atoms with Gasteiger partial charge < -0.3 is 24.4 Å². The van der Waals surface area contributed by atoms with Crippen molar-refractivity contribution < 1.29 is 23.8 Å². The minimum atomic E-state index is -0.558. The molecule has 0 spiro atoms. The van der Waals surface area contributed by atoms with Crippen molar-refractivity contribution in [2.45, 2.75) is 77.4 Å². The maximum Gasteiger partial charge on any atom is 0.410 e. The van der Waals surface area contributed by atoms with Gasteiger partial charge in [-0.1, -0.05) is 30.3 Å². The number of amides is 2. The Morgan fingerprint density at radius 3 is 2.62 bits per heavy atom. The number of carbonyl (C=O) groups is 2. The molecule has 238 valence electrons. The van der Waals surface area contributed by atoms with E-state index in [4.69, 9.17) is 19.2 Å². The monoisotopic (exact) mass is 615 g/mol. The SMILES string of the molecule is Cn1nc(-c2ccc(COC(=O)NC3CCN(C(=O)OC(C)(C)C)C3)cc2)nc1Cc1ccc2c(cnn2C2CCCCO2)c1. The van der Waals surface area contributed by atoms with Crippen LogP contribution in [0.2, 0.25) is 0 Å². The number of nitrogens with one attached hydrogen (secondary N) is 1. The number of ether oxygens (including phenoxy) is 3. The van der Waals surface area contributed by atoms with Crippen LogP contribution < -0.4 is 5.32 Å². The fraction of sp³-hybridized carbons (Fsp3) is 0.485. The molecule has 2 aliphatic heterocycles. The quantitative estimate of drug-likeness (QED) is 0.295. The van der Waals surface area contributed by atoms with Crippen LogP contribution in [0.15, 0.2) is 48.7 Å². The zero-order chi connectivity index (χ0) is 31.6. The van der Waals surface area contributed by atoms with Crippen LogP contribution in [0.3, 0.4) is 0 Å². The van der Waals surface area contributed by atoms with E-state index >= 15 is 0 Å². The van der Waals surface area contributed by atoms with Crippen molar-refractivity contribution in [3.8, 4) is 11.4 Å². The highest BCUT2D eigenvalue weighted by atomic mass is 16.6. The van der Waals surface area contributed by atoms with Crippen LogP contribution >= 0.6 is 0 Å². The molecule has 2 amide bonds. The van der Waals surface area contributed by atoms with Crippen LogP contribution in [0.25, 0.3) is 22.3 Å². The minimum absolute atomic E-state index is 0.00849. The van der Waals surface area contributed by atoms with Gasteiger partial charge in [0.2, 0.25) is 0 Å². The van der Waals surface area contributed by atoms with Gasteiger partial charge in [0, 0.05) is 44.1 Å². The molecule has 2 fully saturated rings. The average molecular weight is 616 g/mol. The molecule has 1 N–H and O–H groups in total. The van der Waals surface area contributed by atoms with Gasteiger partial charge in [-0.3, -0.25) is 4.68 Å². The first-order valence-electron chi connectivity index (χ1n) is 15.6. The third kappa shape index (κ3) is 7.44. The molecule has 2 aliphatic rings. The molecule has 0 radical (unpaired) electrons. The second kappa shape index (κ2) is 12.9. The average Bonchev–Trinajstić information content (AvgIpc) is 3.75. The van der Waals surface area contributed by atoms with Crippen molar-refractivity contribution in [2.75, 3.05) is 19.7 Å². The third-order valence-corrected chi connectivity index (χ3v) is 8.05. The molecular weight excluding hydrogens is 574 g/mol. The second-order valence-electron chi connectivity index (χ2n) is 12.8. The number of nitrogens with zero attached hydrogens (tertiary/aromatic N) is 6. The van der Waals surface area contributed by atoms with Gasteiger partial charge in [0.15, 0.2) is 12.1 Å². The molecular formula is C33H41N7O5. The van der Waals surface area contributed by atoms with E-state index in [-0.39, 0.29) is 25.0 Å². The highest BCUT2D eigenvalue weighted by Gasteiger charge is 2.31. The minimum Gasteiger partial charge on any atom is -0.445 e. The molecule has 2 unspecified atom stereocenters. The van der Waals surface area contributed by atoms with Crippen molar-refractivity contribution in [3.05, 3.63) is 65.6 Å². The van der Waals surface area contributed by atoms with Crippen LogP contribution in [0, 0.1) is 0 Å². The fourth-order valence-corrected chi connectivity index (χ4v) is 5.71. The summed E-state index contributed by atoms with van der Waals surface area (Å²) in [6, 6.07) is 13.9. The summed E-state index contributed by atoms with van der Waals surface area (Å²) in [6.45, 7) is 7.33. The molecule has 12 heteroatoms. The molecule has 6 rings (SSSR count). The Balaban J connectivity index is 1.01. The third-order valence-electron chi connectivity index (χ3n) is 8.05. The van der Waals surface area contributed by atoms with Gasteiger partial charge in [-0.15, -0.1) is 0 Å². The number of fused-ring (bicyclic) bond motifs is 1. The second-order valence-corrected chi connectivity index (χ2v) is 12.8. The molecule has 2 atom stereocenters. The lowest BCUT2D eigenvalue weighted by atomic mass is 10.1. The number of benzene rings is 2. The van der Waals surface area contributed by atoms with Crippen LogP contribution in [0.1, 0.15) is 69.6 Å². The first-order valence-corrected chi connectivity index (χ1v) is 15.6. The Hall–Kier alpha value is -4.45. The zero-order valence-corrected chi connectivity index (χ0v) is 26.4. The van der Waals surface area contributed by atoms with E-state index in [9.17, 15) is 9.59 Å². The molecule has 0 saturated carbocycles. The van der Waals surface area contributed by atoms with Gasteiger partial charge in [-0.05, 0) is 69.7 Å². The molecule has 0 aliphatic carbocycles. The molecule has 45 heavy (non-hydrogen) atoms. The van der Waals surface area contributed by atoms with E-state index in [1.54, 1.807) is 4.90 Å². The van der Waals surface area contributed by atoms with E-state index < -0.39 is 11.7 Å². The maximum atomic E-state index is 12.4. The number of carbonyl (C=O) groups excluding carboxylic acids is 2. The summed E-state index contributed by atoms with van der Waals surface area (Å²) in [5.41, 5.74) is 3.38. The Morgan fingerprint density at radius 2 is 1.87 bits per heavy atom. The highest BCUT2D eigenvalue weighted by molar-refractivity contribution is 5.79. The van der Waals surface area contributed by atoms with E-state index in [1.807, 2.05) is 67.6 Å². The smallest absolute Gasteiger partial charge is 0.410 e. The summed E-state index contributed by atoms with van der Waals surface area (Å²) < 4.78 is 20.6. The Labute approximate surface area is 262 Å². The van der Waals surface area contributed by atoms with Gasteiger partial charge in [-0.25, -0.2) is 19.3 Å². The molecule has 12 nitrogen and oxygen atoms in total. The maximum absolute atomic E-state index is 12.4. The van der Waals surface area contributed by atoms with Gasteiger partial charge in [-0.2, -0.15) is 10.2 Å². The van der Waals surface area contributed by atoms with E-state index in [1.165, 1.54) is 0 Å². The van der Waals surface area contributed by atoms with Gasteiger partial charge in [0.25, 0.3) is 0 Å². The summed E-state index contributed by atoms with van der Waals surface area (Å²) >= 11 is 0. The number of rotatable bonds is 7. The van der Waals surface area contributed by atoms with Crippen molar-refractivity contribution >= 4 is 23.1 Å². The molecule has 2 aromatic carbocycles. The van der Waals surface area contributed by atoms with Crippen molar-refractivity contribution in [1.29, 1.82) is 0 Å². The van der Waals surface area contributed by atoms with Crippen LogP contribution in [0.5, 0.6) is 0 Å². The summed E-state index contributed by atoms with van der Waals surface area (Å²) in [5.74, 6) is 1.49. The molecule has 0 bridgehead atoms. The highest BCUT2D eigenvalue weighted by Crippen LogP contribution is 2.27. The Morgan fingerprint density at radius 1 is 1.07 bits per heavy atom. The first kappa shape index (κ1) is 30.6. The Kier molecular flexibility index (Phi) is 8.75. The molecule has 2 aromatic heterocycles. The lowest BCUT2D eigenvalue weighted by Crippen LogP contribution is -2.40. The van der Waals surface area contributed by atoms with Crippen molar-refractivity contribution in [2.24, 2.45) is 7.05 Å². The van der Waals surface area contributed by atoms with E-state index in [0.29, 0.717) is 31.8 Å². The lowest BCUT2D eigenvalue weighted by molar-refractivity contribution is -0.0366. The van der Waals surface area contributed by atoms with Crippen LogP contribution in [-0.2, 0) is 34.3 Å². The van der Waals surface area contributed by atoms with Crippen molar-refractivity contribution in [1.82, 2.24) is 34.8 Å². The number of aromatic nitrogens is 5. The predicted molar refractivity (Wildman–Crippen MR) is 167 cm³/mol. The number of likely N-dealkylation sites (tertiary alicyclic amines) is 1. The zero-order valence-electron chi connectivity index (χ0n) is 26.4. The number of alkyl carbamates (subject to hydrolysis) is 1. The van der Waals surface area contributed by atoms with Crippen molar-refractivity contribution in [3.63, 3.8) is 0 Å². The summed E-state index contributed by atoms with van der Waals surface area (Å²) in [4.78, 5) is 31.1. The van der Waals surface area contributed by atoms with Crippen LogP contribution in [-0.4, -0.2) is 73.0 Å². The largest absolute Gasteiger partial charge is 0.445 e. The Bertz CT molecular complexity index is 1650. The summed E-state index contributed by atoms with van der Waals surface area (Å²) in [7, 11) is 1.90. The van der Waals surface area contributed by atoms with Gasteiger partial charge in [0.05, 0.1) is 17.8 Å². The lowest BCUT2D eigenvalue weighted by Gasteiger charge is -2.24. The first-order chi connectivity index (χ1) is 21.6. The molecule has 4 heterocycles. The topological polar surface area (TPSA) is 126 Å². The molecule has 4 aromatic rings. The van der Waals surface area contributed by atoms with Gasteiger partial charge >= 0.3 is 12.2 Å². The summed E-state index contributed by atoms with van der Waals surface area (Å²) in [5, 5.41) is 13.2.